The molecule has 16 heavy (non-hydrogen) atoms. The molecule has 5 heteroatoms. The number of hydrogen-bond acceptors (Lipinski definition) is 3. The summed E-state index contributed by atoms with van der Waals surface area (Å²) in [5, 5.41) is 11.8. The highest BCUT2D eigenvalue weighted by atomic mass is 19.1. The number of anilines is 1. The fourth-order valence-corrected chi connectivity index (χ4v) is 1.69. The maximum absolute atomic E-state index is 12.9. The lowest BCUT2D eigenvalue weighted by atomic mass is 9.89. The summed E-state index contributed by atoms with van der Waals surface area (Å²) >= 11 is 0. The molecule has 4 nitrogen and oxygen atoms in total. The number of nitrogen functional groups attached to an aromatic ring is 1. The average molecular weight is 224 g/mol. The molecular weight excluding hydrogens is 211 g/mol. The summed E-state index contributed by atoms with van der Waals surface area (Å²) in [5.74, 6) is -0.887. The predicted octanol–water partition coefficient (Wildman–Crippen LogP) is 0.661. The SMILES string of the molecule is Nc1ccc(F)cc1C(=O)NC1CC(O)C1. The van der Waals surface area contributed by atoms with Gasteiger partial charge in [0.05, 0.1) is 11.7 Å². The molecule has 1 aliphatic rings. The van der Waals surface area contributed by atoms with Gasteiger partial charge in [-0.3, -0.25) is 4.79 Å². The molecule has 0 aliphatic heterocycles. The van der Waals surface area contributed by atoms with Crippen LogP contribution in [0.2, 0.25) is 0 Å². The number of rotatable bonds is 2. The van der Waals surface area contributed by atoms with Crippen molar-refractivity contribution < 1.29 is 14.3 Å². The molecule has 0 saturated heterocycles. The summed E-state index contributed by atoms with van der Waals surface area (Å²) in [6.45, 7) is 0. The van der Waals surface area contributed by atoms with E-state index in [0.29, 0.717) is 12.8 Å². The number of amides is 1. The van der Waals surface area contributed by atoms with Crippen LogP contribution in [0.5, 0.6) is 0 Å². The van der Waals surface area contributed by atoms with E-state index in [1.807, 2.05) is 0 Å². The van der Waals surface area contributed by atoms with E-state index in [0.717, 1.165) is 6.07 Å². The van der Waals surface area contributed by atoms with Crippen LogP contribution in [0, 0.1) is 5.82 Å². The van der Waals surface area contributed by atoms with E-state index in [1.54, 1.807) is 0 Å². The number of aliphatic hydroxyl groups is 1. The summed E-state index contributed by atoms with van der Waals surface area (Å²) in [4.78, 5) is 11.7. The maximum atomic E-state index is 12.9. The Labute approximate surface area is 92.3 Å². The Morgan fingerprint density at radius 1 is 1.50 bits per heavy atom. The van der Waals surface area contributed by atoms with Gasteiger partial charge in [0.15, 0.2) is 0 Å². The zero-order valence-electron chi connectivity index (χ0n) is 8.61. The molecule has 1 aliphatic carbocycles. The van der Waals surface area contributed by atoms with Crippen LogP contribution in [0.1, 0.15) is 23.2 Å². The molecule has 0 spiro atoms. The molecule has 0 radical (unpaired) electrons. The van der Waals surface area contributed by atoms with Gasteiger partial charge in [0.25, 0.3) is 5.91 Å². The van der Waals surface area contributed by atoms with Gasteiger partial charge in [0.2, 0.25) is 0 Å². The van der Waals surface area contributed by atoms with Crippen molar-refractivity contribution in [3.05, 3.63) is 29.6 Å². The lowest BCUT2D eigenvalue weighted by molar-refractivity contribution is 0.0563. The fraction of sp³-hybridized carbons (Fsp3) is 0.364. The van der Waals surface area contributed by atoms with Crippen molar-refractivity contribution in [2.75, 3.05) is 5.73 Å². The molecule has 0 heterocycles. The fourth-order valence-electron chi connectivity index (χ4n) is 1.69. The second-order valence-corrected chi connectivity index (χ2v) is 4.03. The molecule has 0 atom stereocenters. The number of carbonyl (C=O) groups excluding carboxylic acids is 1. The second-order valence-electron chi connectivity index (χ2n) is 4.03. The first-order valence-corrected chi connectivity index (χ1v) is 5.10. The van der Waals surface area contributed by atoms with Gasteiger partial charge >= 0.3 is 0 Å². The zero-order valence-corrected chi connectivity index (χ0v) is 8.61. The minimum Gasteiger partial charge on any atom is -0.398 e. The Hall–Kier alpha value is -1.62. The van der Waals surface area contributed by atoms with Crippen molar-refractivity contribution in [2.24, 2.45) is 0 Å². The van der Waals surface area contributed by atoms with Gasteiger partial charge in [-0.05, 0) is 31.0 Å². The van der Waals surface area contributed by atoms with Crippen LogP contribution in [0.15, 0.2) is 18.2 Å². The van der Waals surface area contributed by atoms with E-state index in [1.165, 1.54) is 12.1 Å². The molecule has 86 valence electrons. The van der Waals surface area contributed by atoms with Gasteiger partial charge in [0, 0.05) is 11.7 Å². The molecule has 1 amide bonds. The minimum absolute atomic E-state index is 0.0369. The van der Waals surface area contributed by atoms with Crippen molar-refractivity contribution in [1.82, 2.24) is 5.32 Å². The predicted molar refractivity (Wildman–Crippen MR) is 57.3 cm³/mol. The van der Waals surface area contributed by atoms with Crippen LogP contribution < -0.4 is 11.1 Å². The third-order valence-corrected chi connectivity index (χ3v) is 2.71. The van der Waals surface area contributed by atoms with Gasteiger partial charge in [-0.1, -0.05) is 0 Å². The van der Waals surface area contributed by atoms with Gasteiger partial charge in [-0.15, -0.1) is 0 Å². The summed E-state index contributed by atoms with van der Waals surface area (Å²) in [5.41, 5.74) is 5.96. The highest BCUT2D eigenvalue weighted by molar-refractivity contribution is 5.99. The summed E-state index contributed by atoms with van der Waals surface area (Å²) in [7, 11) is 0. The Morgan fingerprint density at radius 3 is 2.81 bits per heavy atom. The van der Waals surface area contributed by atoms with Gasteiger partial charge in [0.1, 0.15) is 5.82 Å². The number of hydrogen-bond donors (Lipinski definition) is 3. The van der Waals surface area contributed by atoms with Crippen molar-refractivity contribution in [3.63, 3.8) is 0 Å². The molecule has 1 saturated carbocycles. The van der Waals surface area contributed by atoms with Crippen molar-refractivity contribution in [1.29, 1.82) is 0 Å². The van der Waals surface area contributed by atoms with E-state index in [2.05, 4.69) is 5.32 Å². The van der Waals surface area contributed by atoms with Crippen LogP contribution in [0.3, 0.4) is 0 Å². The Morgan fingerprint density at radius 2 is 2.19 bits per heavy atom. The molecule has 0 aromatic heterocycles. The first kappa shape index (κ1) is 10.9. The lowest BCUT2D eigenvalue weighted by Crippen LogP contribution is -2.46. The van der Waals surface area contributed by atoms with Gasteiger partial charge in [-0.25, -0.2) is 4.39 Å². The number of nitrogens with two attached hydrogens (primary N) is 1. The molecule has 2 rings (SSSR count). The molecular formula is C11H13FN2O2. The average Bonchev–Trinajstić information content (AvgIpc) is 2.19. The quantitative estimate of drug-likeness (QED) is 0.646. The second kappa shape index (κ2) is 4.09. The molecule has 0 unspecified atom stereocenters. The number of carbonyl (C=O) groups is 1. The van der Waals surface area contributed by atoms with Crippen LogP contribution in [-0.2, 0) is 0 Å². The molecule has 1 aromatic rings. The first-order chi connectivity index (χ1) is 7.56. The molecule has 1 fully saturated rings. The monoisotopic (exact) mass is 224 g/mol. The number of halogens is 1. The van der Waals surface area contributed by atoms with Crippen LogP contribution in [0.4, 0.5) is 10.1 Å². The van der Waals surface area contributed by atoms with Crippen molar-refractivity contribution in [2.45, 2.75) is 25.0 Å². The molecule has 0 bridgehead atoms. The number of benzene rings is 1. The van der Waals surface area contributed by atoms with Gasteiger partial charge < -0.3 is 16.2 Å². The third-order valence-electron chi connectivity index (χ3n) is 2.71. The van der Waals surface area contributed by atoms with Crippen molar-refractivity contribution >= 4 is 11.6 Å². The highest BCUT2D eigenvalue weighted by Gasteiger charge is 2.29. The summed E-state index contributed by atoms with van der Waals surface area (Å²) in [6.07, 6.45) is 0.747. The van der Waals surface area contributed by atoms with Gasteiger partial charge in [-0.2, -0.15) is 0 Å². The lowest BCUT2D eigenvalue weighted by Gasteiger charge is -2.32. The number of nitrogens with one attached hydrogen (secondary N) is 1. The summed E-state index contributed by atoms with van der Waals surface area (Å²) in [6, 6.07) is 3.64. The van der Waals surface area contributed by atoms with E-state index in [-0.39, 0.29) is 23.4 Å². The van der Waals surface area contributed by atoms with Crippen LogP contribution in [-0.4, -0.2) is 23.2 Å². The van der Waals surface area contributed by atoms with E-state index in [4.69, 9.17) is 10.8 Å². The van der Waals surface area contributed by atoms with E-state index < -0.39 is 11.7 Å². The smallest absolute Gasteiger partial charge is 0.253 e. The Bertz CT molecular complexity index is 416. The normalized spacial score (nSPS) is 23.6. The van der Waals surface area contributed by atoms with Crippen LogP contribution in [0.25, 0.3) is 0 Å². The Balaban J connectivity index is 2.05. The zero-order chi connectivity index (χ0) is 11.7. The first-order valence-electron chi connectivity index (χ1n) is 5.10. The van der Waals surface area contributed by atoms with Crippen molar-refractivity contribution in [3.8, 4) is 0 Å². The maximum Gasteiger partial charge on any atom is 0.253 e. The minimum atomic E-state index is -0.493. The number of aliphatic hydroxyl groups excluding tert-OH is 1. The van der Waals surface area contributed by atoms with E-state index >= 15 is 0 Å². The standard InChI is InChI=1S/C11H13FN2O2/c12-6-1-2-10(13)9(3-6)11(16)14-7-4-8(15)5-7/h1-3,7-8,15H,4-5,13H2,(H,14,16). The Kier molecular flexibility index (Phi) is 2.78. The third kappa shape index (κ3) is 2.14. The van der Waals surface area contributed by atoms with E-state index in [9.17, 15) is 9.18 Å². The topological polar surface area (TPSA) is 75.4 Å². The highest BCUT2D eigenvalue weighted by Crippen LogP contribution is 2.21. The molecule has 4 N–H and O–H groups in total. The van der Waals surface area contributed by atoms with Crippen LogP contribution >= 0.6 is 0 Å². The molecule has 1 aromatic carbocycles. The summed E-state index contributed by atoms with van der Waals surface area (Å²) < 4.78 is 12.9. The largest absolute Gasteiger partial charge is 0.398 e.